The molecule has 3 heterocycles. The Labute approximate surface area is 405 Å². The van der Waals surface area contributed by atoms with Crippen molar-refractivity contribution < 1.29 is 4.42 Å². The number of furan rings is 1. The molecule has 0 amide bonds. The predicted octanol–water partition coefficient (Wildman–Crippen LogP) is 16.8. The van der Waals surface area contributed by atoms with Crippen LogP contribution in [0.15, 0.2) is 246 Å². The molecule has 0 radical (unpaired) electrons. The summed E-state index contributed by atoms with van der Waals surface area (Å²) in [6.07, 6.45) is 0.638. The van der Waals surface area contributed by atoms with E-state index in [0.717, 1.165) is 111 Å². The number of nitrogens with two attached hydrogens (primary N) is 1. The highest BCUT2D eigenvalue weighted by atomic mass is 16.3. The molecule has 2 N–H and O–H groups in total. The summed E-state index contributed by atoms with van der Waals surface area (Å²) in [5.74, 6) is 0.416. The highest BCUT2D eigenvalue weighted by Gasteiger charge is 2.24. The molecule has 3 aromatic heterocycles. The molecule has 0 aliphatic carbocycles. The quantitative estimate of drug-likeness (QED) is 0.0891. The van der Waals surface area contributed by atoms with E-state index in [4.69, 9.17) is 21.7 Å². The number of aliphatic imine (C=N–C) groups is 1. The van der Waals surface area contributed by atoms with Gasteiger partial charge in [0.05, 0.1) is 33.5 Å². The second kappa shape index (κ2) is 16.5. The molecule has 13 aromatic rings. The van der Waals surface area contributed by atoms with E-state index in [0.29, 0.717) is 12.3 Å². The van der Waals surface area contributed by atoms with E-state index in [1.807, 2.05) is 18.2 Å². The topological polar surface area (TPSA) is 61.4 Å². The van der Waals surface area contributed by atoms with E-state index in [-0.39, 0.29) is 0 Å². The highest BCUT2D eigenvalue weighted by Crippen LogP contribution is 2.44. The SMILES string of the molecule is C=C(/C(CC)=C(\N=C(N)c1cccc2c3ccccc3n(-c3ccccc3)c12)c1ccc(-c2ccccc2)cc1)c1ccc(-n2c3ccccc3c3cc4ccccc4cc32)c2oc3ccccc3c12. The standard InChI is InChI=1S/C65H46N4O/c1-3-48(41(2)49-37-38-58(64-61(49)53-27-14-17-32-60(53)70-64)69-57-31-16-13-26-51(57)55-39-45-21-10-11-22-46(45)40-59(55)69)62(44-35-33-43(34-36-44)42-19-6-4-7-20-42)67-65(66)54-29-18-28-52-50-25-12-15-30-56(50)68(63(52)54)47-23-8-5-9-24-47/h4-40H,2-3H2,1H3,(H2,66,67)/b62-48-. The zero-order valence-corrected chi connectivity index (χ0v) is 38.6. The summed E-state index contributed by atoms with van der Waals surface area (Å²) >= 11 is 0. The maximum absolute atomic E-state index is 7.42. The minimum absolute atomic E-state index is 0.416. The molecule has 0 saturated carbocycles. The lowest BCUT2D eigenvalue weighted by Gasteiger charge is -2.18. The average molecular weight is 899 g/mol. The van der Waals surface area contributed by atoms with Gasteiger partial charge in [-0.2, -0.15) is 0 Å². The van der Waals surface area contributed by atoms with Crippen LogP contribution < -0.4 is 5.73 Å². The van der Waals surface area contributed by atoms with Crippen molar-refractivity contribution in [2.45, 2.75) is 13.3 Å². The summed E-state index contributed by atoms with van der Waals surface area (Å²) in [4.78, 5) is 5.55. The van der Waals surface area contributed by atoms with Gasteiger partial charge in [-0.25, -0.2) is 4.99 Å². The number of fused-ring (bicyclic) bond motifs is 10. The number of aromatic nitrogens is 2. The maximum Gasteiger partial charge on any atom is 0.160 e. The fourth-order valence-corrected chi connectivity index (χ4v) is 10.9. The highest BCUT2D eigenvalue weighted by molar-refractivity contribution is 6.20. The molecule has 0 aliphatic rings. The van der Waals surface area contributed by atoms with Gasteiger partial charge in [0, 0.05) is 49.1 Å². The molecule has 10 aromatic carbocycles. The molecule has 0 bridgehead atoms. The fraction of sp³-hybridized carbons (Fsp3) is 0.0308. The summed E-state index contributed by atoms with van der Waals surface area (Å²) in [7, 11) is 0. The van der Waals surface area contributed by atoms with Crippen LogP contribution in [0, 0.1) is 0 Å². The van der Waals surface area contributed by atoms with Crippen LogP contribution >= 0.6 is 0 Å². The molecule has 5 nitrogen and oxygen atoms in total. The van der Waals surface area contributed by atoms with Crippen LogP contribution in [0.5, 0.6) is 0 Å². The first-order valence-corrected chi connectivity index (χ1v) is 23.9. The van der Waals surface area contributed by atoms with E-state index >= 15 is 0 Å². The van der Waals surface area contributed by atoms with Crippen LogP contribution in [0.4, 0.5) is 0 Å². The molecule has 0 unspecified atom stereocenters. The molecule has 0 spiro atoms. The number of benzene rings is 10. The van der Waals surface area contributed by atoms with Crippen molar-refractivity contribution in [2.24, 2.45) is 10.7 Å². The fourth-order valence-electron chi connectivity index (χ4n) is 10.9. The Bertz CT molecular complexity index is 4280. The Morgan fingerprint density at radius 1 is 0.514 bits per heavy atom. The Morgan fingerprint density at radius 2 is 1.11 bits per heavy atom. The van der Waals surface area contributed by atoms with Crippen molar-refractivity contribution in [3.8, 4) is 22.5 Å². The number of hydrogen-bond acceptors (Lipinski definition) is 2. The van der Waals surface area contributed by atoms with Crippen molar-refractivity contribution in [2.75, 3.05) is 0 Å². The largest absolute Gasteiger partial charge is 0.454 e. The van der Waals surface area contributed by atoms with Gasteiger partial charge in [0.15, 0.2) is 5.58 Å². The predicted molar refractivity (Wildman–Crippen MR) is 295 cm³/mol. The molecule has 332 valence electrons. The average Bonchev–Trinajstić information content (AvgIpc) is 4.08. The number of allylic oxidation sites excluding steroid dienone is 2. The third-order valence-corrected chi connectivity index (χ3v) is 14.1. The summed E-state index contributed by atoms with van der Waals surface area (Å²) in [5, 5.41) is 9.07. The molecular formula is C65H46N4O. The molecular weight excluding hydrogens is 853 g/mol. The molecule has 0 saturated heterocycles. The molecule has 0 aliphatic heterocycles. The second-order valence-corrected chi connectivity index (χ2v) is 18.0. The van der Waals surface area contributed by atoms with Gasteiger partial charge in [-0.1, -0.05) is 183 Å². The van der Waals surface area contributed by atoms with Crippen LogP contribution in [0.25, 0.3) is 110 Å². The summed E-state index contributed by atoms with van der Waals surface area (Å²) in [6, 6.07) is 79.1. The Kier molecular flexibility index (Phi) is 9.70. The van der Waals surface area contributed by atoms with Gasteiger partial charge in [0.1, 0.15) is 11.4 Å². The first-order chi connectivity index (χ1) is 34.5. The van der Waals surface area contributed by atoms with E-state index in [2.05, 4.69) is 222 Å². The first kappa shape index (κ1) is 41.0. The van der Waals surface area contributed by atoms with Gasteiger partial charge < -0.3 is 19.3 Å². The number of rotatable bonds is 9. The second-order valence-electron chi connectivity index (χ2n) is 18.0. The lowest BCUT2D eigenvalue weighted by atomic mass is 9.90. The van der Waals surface area contributed by atoms with Crippen molar-refractivity contribution >= 4 is 93.4 Å². The van der Waals surface area contributed by atoms with E-state index in [1.165, 1.54) is 21.5 Å². The maximum atomic E-state index is 7.42. The van der Waals surface area contributed by atoms with Crippen LogP contribution in [-0.4, -0.2) is 15.0 Å². The molecule has 5 heteroatoms. The Hall–Kier alpha value is -9.19. The minimum atomic E-state index is 0.416. The normalized spacial score (nSPS) is 12.6. The van der Waals surface area contributed by atoms with Crippen LogP contribution in [-0.2, 0) is 0 Å². The zero-order valence-electron chi connectivity index (χ0n) is 38.6. The van der Waals surface area contributed by atoms with Crippen molar-refractivity contribution in [1.82, 2.24) is 9.13 Å². The molecule has 70 heavy (non-hydrogen) atoms. The zero-order chi connectivity index (χ0) is 46.9. The summed E-state index contributed by atoms with van der Waals surface area (Å²) in [5.41, 5.74) is 23.0. The van der Waals surface area contributed by atoms with Gasteiger partial charge in [-0.3, -0.25) is 0 Å². The van der Waals surface area contributed by atoms with Crippen molar-refractivity contribution in [1.29, 1.82) is 0 Å². The third-order valence-electron chi connectivity index (χ3n) is 14.1. The van der Waals surface area contributed by atoms with Crippen LogP contribution in [0.1, 0.15) is 30.0 Å². The number of hydrogen-bond donors (Lipinski definition) is 1. The van der Waals surface area contributed by atoms with Crippen LogP contribution in [0.2, 0.25) is 0 Å². The van der Waals surface area contributed by atoms with E-state index in [9.17, 15) is 0 Å². The van der Waals surface area contributed by atoms with Gasteiger partial charge in [0.25, 0.3) is 0 Å². The van der Waals surface area contributed by atoms with E-state index in [1.54, 1.807) is 0 Å². The number of nitrogens with zero attached hydrogens (tertiary/aromatic N) is 3. The summed E-state index contributed by atoms with van der Waals surface area (Å²) < 4.78 is 11.7. The van der Waals surface area contributed by atoms with Gasteiger partial charge >= 0.3 is 0 Å². The monoisotopic (exact) mass is 898 g/mol. The molecule has 0 fully saturated rings. The smallest absolute Gasteiger partial charge is 0.160 e. The number of amidine groups is 1. The molecule has 13 rings (SSSR count). The third kappa shape index (κ3) is 6.51. The first-order valence-electron chi connectivity index (χ1n) is 23.9. The lowest BCUT2D eigenvalue weighted by molar-refractivity contribution is 0.666. The van der Waals surface area contributed by atoms with Gasteiger partial charge in [-0.15, -0.1) is 0 Å². The number of para-hydroxylation sites is 5. The van der Waals surface area contributed by atoms with Crippen molar-refractivity contribution in [3.05, 3.63) is 253 Å². The lowest BCUT2D eigenvalue weighted by Crippen LogP contribution is -2.15. The van der Waals surface area contributed by atoms with Gasteiger partial charge in [-0.05, 0) is 99.6 Å². The van der Waals surface area contributed by atoms with E-state index < -0.39 is 0 Å². The minimum Gasteiger partial charge on any atom is -0.454 e. The van der Waals surface area contributed by atoms with Crippen LogP contribution in [0.3, 0.4) is 0 Å². The molecule has 0 atom stereocenters. The van der Waals surface area contributed by atoms with Crippen molar-refractivity contribution in [3.63, 3.8) is 0 Å². The van der Waals surface area contributed by atoms with Gasteiger partial charge in [0.2, 0.25) is 0 Å². The Morgan fingerprint density at radius 3 is 1.86 bits per heavy atom. The Balaban J connectivity index is 1.05. The summed E-state index contributed by atoms with van der Waals surface area (Å²) in [6.45, 7) is 7.14.